The molecule has 4 unspecified atom stereocenters. The number of hydrogen-bond acceptors (Lipinski definition) is 6. The second-order valence-corrected chi connectivity index (χ2v) is 32.7. The molecule has 0 radical (unpaired) electrons. The number of nitrogens with zero attached hydrogens (tertiary/aromatic N) is 4. The first kappa shape index (κ1) is 91.5. The second kappa shape index (κ2) is 50.8. The number of carbonyl (C=O) groups excluding carboxylic acids is 5. The number of likely N-dealkylation sites (tertiary alicyclic amines) is 2. The minimum atomic E-state index is -0.266. The minimum Gasteiger partial charge on any atom is -0.338 e. The molecular weight excluding hydrogens is 1540 g/mol. The predicted molar refractivity (Wildman–Crippen MR) is 519 cm³/mol. The lowest BCUT2D eigenvalue weighted by Gasteiger charge is -2.40. The van der Waals surface area contributed by atoms with Crippen LogP contribution in [0.2, 0.25) is 0 Å². The van der Waals surface area contributed by atoms with Gasteiger partial charge in [0.15, 0.2) is 11.6 Å². The summed E-state index contributed by atoms with van der Waals surface area (Å²) in [6.07, 6.45) is 24.8. The molecule has 4 aliphatic rings. The molecule has 2 saturated heterocycles. The summed E-state index contributed by atoms with van der Waals surface area (Å²) in [5.41, 5.74) is 17.1. The number of allylic oxidation sites excluding steroid dienone is 2. The Bertz CT molecular complexity index is 5430. The number of piperidine rings is 2. The lowest BCUT2D eigenvalue weighted by atomic mass is 9.82. The molecule has 9 nitrogen and oxygen atoms in total. The van der Waals surface area contributed by atoms with E-state index in [0.29, 0.717) is 51.0 Å². The van der Waals surface area contributed by atoms with Gasteiger partial charge in [0, 0.05) is 56.0 Å². The summed E-state index contributed by atoms with van der Waals surface area (Å²) in [5.74, 6) is 0.973. The molecule has 0 aromatic heterocycles. The Balaban J connectivity index is 0.000000144. The fraction of sp³-hybridized carbons (Fsp3) is 0.205. The van der Waals surface area contributed by atoms with Crippen molar-refractivity contribution in [3.63, 3.8) is 0 Å². The van der Waals surface area contributed by atoms with E-state index in [9.17, 15) is 24.0 Å². The summed E-state index contributed by atoms with van der Waals surface area (Å²) in [4.78, 5) is 72.1. The molecule has 4 heterocycles. The van der Waals surface area contributed by atoms with E-state index >= 15 is 0 Å². The normalized spacial score (nSPS) is 17.2. The van der Waals surface area contributed by atoms with Crippen molar-refractivity contribution in [2.75, 3.05) is 19.6 Å². The van der Waals surface area contributed by atoms with Crippen LogP contribution in [0.4, 0.5) is 0 Å². The summed E-state index contributed by atoms with van der Waals surface area (Å²) in [6.45, 7) is 10.4. The second-order valence-electron chi connectivity index (χ2n) is 32.7. The smallest absolute Gasteiger partial charge is 0.231 e. The highest BCUT2D eigenvalue weighted by Crippen LogP contribution is 2.32. The van der Waals surface area contributed by atoms with Gasteiger partial charge in [0.1, 0.15) is 0 Å². The summed E-state index contributed by atoms with van der Waals surface area (Å²) in [5, 5.41) is 0. The van der Waals surface area contributed by atoms with Crippen molar-refractivity contribution < 1.29 is 24.0 Å². The summed E-state index contributed by atoms with van der Waals surface area (Å²) in [7, 11) is 0. The molecule has 0 saturated carbocycles. The first-order chi connectivity index (χ1) is 61.9. The van der Waals surface area contributed by atoms with Crippen LogP contribution >= 0.6 is 0 Å². The fourth-order valence-electron chi connectivity index (χ4n) is 16.9. The van der Waals surface area contributed by atoms with E-state index in [4.69, 9.17) is 0 Å². The van der Waals surface area contributed by atoms with Gasteiger partial charge in [-0.15, -0.1) is 0 Å². The van der Waals surface area contributed by atoms with Gasteiger partial charge in [-0.25, -0.2) is 0 Å². The van der Waals surface area contributed by atoms with Crippen molar-refractivity contribution in [3.05, 3.63) is 510 Å². The number of hydrogen-bond donors (Lipinski definition) is 0. The number of ketones is 2. The van der Waals surface area contributed by atoms with E-state index in [1.807, 2.05) is 255 Å². The van der Waals surface area contributed by atoms with E-state index in [2.05, 4.69) is 181 Å². The molecule has 17 rings (SSSR count). The van der Waals surface area contributed by atoms with E-state index in [1.165, 1.54) is 89.4 Å². The van der Waals surface area contributed by atoms with Gasteiger partial charge in [0.2, 0.25) is 17.7 Å². The van der Waals surface area contributed by atoms with Crippen molar-refractivity contribution in [3.8, 4) is 0 Å². The highest BCUT2D eigenvalue weighted by atomic mass is 16.2. The molecule has 13 aromatic rings. The van der Waals surface area contributed by atoms with Gasteiger partial charge < -0.3 is 14.7 Å². The molecule has 0 spiro atoms. The Hall–Kier alpha value is -13.7. The topological polar surface area (TPSA) is 98.3 Å². The molecule has 3 amide bonds. The molecule has 6 atom stereocenters. The highest BCUT2D eigenvalue weighted by molar-refractivity contribution is 5.95. The van der Waals surface area contributed by atoms with Gasteiger partial charge in [-0.05, 0) is 168 Å². The van der Waals surface area contributed by atoms with E-state index < -0.39 is 0 Å². The van der Waals surface area contributed by atoms with Crippen molar-refractivity contribution in [2.45, 2.75) is 120 Å². The van der Waals surface area contributed by atoms with Crippen LogP contribution in [0.3, 0.4) is 0 Å². The van der Waals surface area contributed by atoms with E-state index in [-0.39, 0.29) is 53.3 Å². The van der Waals surface area contributed by atoms with Gasteiger partial charge in [-0.1, -0.05) is 431 Å². The molecule has 0 N–H and O–H groups in total. The summed E-state index contributed by atoms with van der Waals surface area (Å²) in [6, 6.07) is 134. The lowest BCUT2D eigenvalue weighted by molar-refractivity contribution is -0.134. The lowest BCUT2D eigenvalue weighted by Crippen LogP contribution is -2.49. The summed E-state index contributed by atoms with van der Waals surface area (Å²) < 4.78 is 0. The molecular formula is C117H118N4O5. The average molecular weight is 1660 g/mol. The third kappa shape index (κ3) is 30.6. The van der Waals surface area contributed by atoms with Crippen LogP contribution in [0.5, 0.6) is 0 Å². The Labute approximate surface area is 748 Å². The predicted octanol–water partition coefficient (Wildman–Crippen LogP) is 23.8. The number of rotatable bonds is 24. The van der Waals surface area contributed by atoms with Crippen molar-refractivity contribution in [1.82, 2.24) is 19.6 Å². The van der Waals surface area contributed by atoms with Gasteiger partial charge in [0.25, 0.3) is 0 Å². The van der Waals surface area contributed by atoms with Gasteiger partial charge in [-0.2, -0.15) is 0 Å². The van der Waals surface area contributed by atoms with Crippen molar-refractivity contribution in [2.24, 2.45) is 11.8 Å². The van der Waals surface area contributed by atoms with Crippen molar-refractivity contribution >= 4 is 47.5 Å². The molecule has 13 aromatic carbocycles. The first-order valence-corrected chi connectivity index (χ1v) is 44.5. The Morgan fingerprint density at radius 1 is 0.325 bits per heavy atom. The standard InChI is InChI=1S/C27H25NO2.C27H27NO.C27H31N.C20H19NO2.2C8H8/c29-26-16-17-28(27(30)20-23-14-8-3-9-15-23)25(19-22-12-6-2-7-13-22)24(26)18-21-10-4-1-5-11-21;29-27(21-24-14-8-3-9-15-24)28-17-16-25(18-22-10-4-1-5-11-22)20-26(28)19-23-12-6-2-7-13-23;1-4-10-23(11-5-1)16-18-28-19-17-26(20-24-12-6-2-7-13-24)22-27(28)21-25-14-8-3-9-15-25;22-19-11-12-21(20(23)14-17-9-5-2-6-10-17)18(15-19)13-16-7-3-1-4-8-16;2*1-2-8-6-4-3-5-7-8/h1-17,24-25H,18-20H2;1-15,18,26H,16-17,19-21H2;1-15,26-27H,16-22H2;1-12,18H,13-15H2;2*2-7H,1H2/b;25-18+;;;;/t;;26-,27-;;;/m..0.../s1. The molecule has 0 aliphatic carbocycles. The largest absolute Gasteiger partial charge is 0.338 e. The third-order valence-electron chi connectivity index (χ3n) is 23.6. The fourth-order valence-corrected chi connectivity index (χ4v) is 16.9. The first-order valence-electron chi connectivity index (χ1n) is 44.5. The van der Waals surface area contributed by atoms with Crippen LogP contribution < -0.4 is 0 Å². The Morgan fingerprint density at radius 3 is 1.09 bits per heavy atom. The number of amides is 3. The van der Waals surface area contributed by atoms with Crippen LogP contribution in [0, 0.1) is 11.8 Å². The molecule has 9 heteroatoms. The van der Waals surface area contributed by atoms with E-state index in [1.54, 1.807) is 28.3 Å². The molecule has 636 valence electrons. The molecule has 0 bridgehead atoms. The maximum atomic E-state index is 13.2. The van der Waals surface area contributed by atoms with Crippen LogP contribution in [-0.4, -0.2) is 92.7 Å². The third-order valence-corrected chi connectivity index (χ3v) is 23.6. The monoisotopic (exact) mass is 1660 g/mol. The zero-order valence-corrected chi connectivity index (χ0v) is 72.5. The SMILES string of the molecule is C=Cc1ccccc1.C=Cc1ccccc1.O=C(Cc1ccccc1)N1CC/C(=C\c2ccccc2)CC1Cc1ccccc1.O=C1C=CN(C(=O)Cc2ccccc2)C(Cc2ccccc2)C1.O=C1C=CN(C(=O)Cc2ccccc2)C(Cc2ccccc2)C1Cc1ccccc1.c1ccc(CCN2CC[C@@H](Cc3ccccc3)C[C@@H]2Cc2ccccc2)cc1. The van der Waals surface area contributed by atoms with Gasteiger partial charge >= 0.3 is 0 Å². The van der Waals surface area contributed by atoms with E-state index in [0.717, 1.165) is 71.5 Å². The number of carbonyl (C=O) groups is 5. The zero-order valence-electron chi connectivity index (χ0n) is 72.5. The minimum absolute atomic E-state index is 0.0175. The van der Waals surface area contributed by atoms with Crippen LogP contribution in [-0.2, 0) is 88.2 Å². The summed E-state index contributed by atoms with van der Waals surface area (Å²) >= 11 is 0. The Kier molecular flexibility index (Phi) is 36.8. The van der Waals surface area contributed by atoms with Crippen LogP contribution in [0.15, 0.2) is 438 Å². The maximum absolute atomic E-state index is 13.2. The average Bonchev–Trinajstić information content (AvgIpc) is 0.799. The van der Waals surface area contributed by atoms with Crippen molar-refractivity contribution in [1.29, 1.82) is 0 Å². The number of benzene rings is 13. The molecule has 126 heavy (non-hydrogen) atoms. The maximum Gasteiger partial charge on any atom is 0.231 e. The zero-order chi connectivity index (χ0) is 87.4. The Morgan fingerprint density at radius 2 is 0.667 bits per heavy atom. The molecule has 4 aliphatic heterocycles. The van der Waals surface area contributed by atoms with Crippen LogP contribution in [0.1, 0.15) is 104 Å². The van der Waals surface area contributed by atoms with Crippen LogP contribution in [0.25, 0.3) is 18.2 Å². The van der Waals surface area contributed by atoms with Gasteiger partial charge in [0.05, 0.1) is 25.3 Å². The highest BCUT2D eigenvalue weighted by Gasteiger charge is 2.37. The quantitative estimate of drug-likeness (QED) is 0.0598. The van der Waals surface area contributed by atoms with Gasteiger partial charge in [-0.3, -0.25) is 28.9 Å². The molecule has 2 fully saturated rings.